The maximum absolute atomic E-state index is 12.7. The maximum Gasteiger partial charge on any atom is 0.433 e. The third-order valence-corrected chi connectivity index (χ3v) is 3.49. The lowest BCUT2D eigenvalue weighted by molar-refractivity contribution is -0.141. The zero-order valence-electron chi connectivity index (χ0n) is 12.7. The first kappa shape index (κ1) is 16.6. The molecule has 0 aliphatic carbocycles. The van der Waals surface area contributed by atoms with Gasteiger partial charge in [0.15, 0.2) is 5.69 Å². The van der Waals surface area contributed by atoms with E-state index in [1.807, 2.05) is 18.2 Å². The largest absolute Gasteiger partial charge is 0.433 e. The lowest BCUT2D eigenvalue weighted by Crippen LogP contribution is -2.10. The molecule has 9 heteroatoms. The van der Waals surface area contributed by atoms with E-state index in [-0.39, 0.29) is 17.9 Å². The first-order chi connectivity index (χ1) is 12.0. The van der Waals surface area contributed by atoms with Crippen LogP contribution < -0.4 is 0 Å². The molecule has 0 saturated carbocycles. The van der Waals surface area contributed by atoms with Gasteiger partial charge in [0.1, 0.15) is 23.3 Å². The quantitative estimate of drug-likeness (QED) is 0.786. The van der Waals surface area contributed by atoms with E-state index in [0.717, 1.165) is 17.8 Å². The molecular formula is C16H11F3N6. The molecule has 0 aliphatic rings. The highest BCUT2D eigenvalue weighted by atomic mass is 19.4. The summed E-state index contributed by atoms with van der Waals surface area (Å²) in [4.78, 5) is 7.44. The van der Waals surface area contributed by atoms with E-state index in [2.05, 4.69) is 25.4 Å². The van der Waals surface area contributed by atoms with E-state index in [1.165, 1.54) is 0 Å². The van der Waals surface area contributed by atoms with E-state index in [1.54, 1.807) is 12.1 Å². The highest BCUT2D eigenvalue weighted by molar-refractivity contribution is 5.64. The van der Waals surface area contributed by atoms with Crippen molar-refractivity contribution in [3.8, 4) is 17.3 Å². The van der Waals surface area contributed by atoms with Gasteiger partial charge in [0.05, 0.1) is 0 Å². The van der Waals surface area contributed by atoms with Gasteiger partial charge >= 0.3 is 6.18 Å². The monoisotopic (exact) mass is 344 g/mol. The summed E-state index contributed by atoms with van der Waals surface area (Å²) in [5.41, 5.74) is 1.23. The SMILES string of the molecule is N#Cc1n[nH]nc1-c1cccc(CCc2nccc(C(F)(F)F)n2)c1. The van der Waals surface area contributed by atoms with Crippen LogP contribution in [0.5, 0.6) is 0 Å². The van der Waals surface area contributed by atoms with Gasteiger partial charge in [-0.25, -0.2) is 9.97 Å². The van der Waals surface area contributed by atoms with Crippen molar-refractivity contribution in [2.45, 2.75) is 19.0 Å². The molecule has 0 unspecified atom stereocenters. The fourth-order valence-corrected chi connectivity index (χ4v) is 2.32. The number of alkyl halides is 3. The number of halogens is 3. The Morgan fingerprint density at radius 3 is 2.72 bits per heavy atom. The number of hydrogen-bond donors (Lipinski definition) is 1. The van der Waals surface area contributed by atoms with Crippen LogP contribution in [-0.2, 0) is 19.0 Å². The van der Waals surface area contributed by atoms with Crippen molar-refractivity contribution in [2.24, 2.45) is 0 Å². The number of aromatic nitrogens is 5. The molecule has 0 bridgehead atoms. The molecule has 0 spiro atoms. The Hall–Kier alpha value is -3.28. The summed E-state index contributed by atoms with van der Waals surface area (Å²) in [6.07, 6.45) is -2.67. The number of aromatic amines is 1. The predicted octanol–water partition coefficient (Wildman–Crippen LogP) is 2.94. The lowest BCUT2D eigenvalue weighted by Gasteiger charge is -2.07. The van der Waals surface area contributed by atoms with Crippen LogP contribution in [0.1, 0.15) is 22.8 Å². The summed E-state index contributed by atoms with van der Waals surface area (Å²) in [6.45, 7) is 0. The molecular weight excluding hydrogens is 333 g/mol. The smallest absolute Gasteiger partial charge is 0.241 e. The van der Waals surface area contributed by atoms with Crippen LogP contribution in [-0.4, -0.2) is 25.4 Å². The molecule has 2 heterocycles. The molecule has 6 nitrogen and oxygen atoms in total. The highest BCUT2D eigenvalue weighted by Gasteiger charge is 2.32. The Morgan fingerprint density at radius 1 is 1.12 bits per heavy atom. The molecule has 1 aromatic carbocycles. The van der Waals surface area contributed by atoms with Gasteiger partial charge in [-0.2, -0.15) is 28.7 Å². The lowest BCUT2D eigenvalue weighted by atomic mass is 10.0. The molecule has 3 aromatic rings. The minimum absolute atomic E-state index is 0.124. The van der Waals surface area contributed by atoms with E-state index in [0.29, 0.717) is 17.7 Å². The van der Waals surface area contributed by atoms with Gasteiger partial charge in [-0.3, -0.25) is 0 Å². The molecule has 2 aromatic heterocycles. The van der Waals surface area contributed by atoms with Gasteiger partial charge in [-0.1, -0.05) is 18.2 Å². The van der Waals surface area contributed by atoms with Crippen molar-refractivity contribution in [3.05, 3.63) is 59.3 Å². The Balaban J connectivity index is 1.77. The van der Waals surface area contributed by atoms with Crippen LogP contribution in [0.2, 0.25) is 0 Å². The fraction of sp³-hybridized carbons (Fsp3) is 0.188. The van der Waals surface area contributed by atoms with E-state index in [9.17, 15) is 13.2 Å². The molecule has 1 N–H and O–H groups in total. The topological polar surface area (TPSA) is 91.1 Å². The molecule has 126 valence electrons. The van der Waals surface area contributed by atoms with Crippen molar-refractivity contribution in [1.82, 2.24) is 25.4 Å². The van der Waals surface area contributed by atoms with Crippen LogP contribution in [0, 0.1) is 11.3 Å². The first-order valence-electron chi connectivity index (χ1n) is 7.26. The van der Waals surface area contributed by atoms with Crippen molar-refractivity contribution < 1.29 is 13.2 Å². The van der Waals surface area contributed by atoms with E-state index < -0.39 is 11.9 Å². The summed E-state index contributed by atoms with van der Waals surface area (Å²) in [5.74, 6) is 0.124. The van der Waals surface area contributed by atoms with Crippen LogP contribution in [0.15, 0.2) is 36.5 Å². The second-order valence-electron chi connectivity index (χ2n) is 5.19. The van der Waals surface area contributed by atoms with E-state index >= 15 is 0 Å². The summed E-state index contributed by atoms with van der Waals surface area (Å²) in [6, 6.07) is 10.00. The van der Waals surface area contributed by atoms with Crippen molar-refractivity contribution in [2.75, 3.05) is 0 Å². The zero-order chi connectivity index (χ0) is 17.9. The summed E-state index contributed by atoms with van der Waals surface area (Å²) >= 11 is 0. The minimum atomic E-state index is -4.49. The Bertz CT molecular complexity index is 926. The normalized spacial score (nSPS) is 11.3. The molecule has 3 rings (SSSR count). The van der Waals surface area contributed by atoms with Crippen LogP contribution in [0.25, 0.3) is 11.3 Å². The average Bonchev–Trinajstić information content (AvgIpc) is 3.08. The fourth-order valence-electron chi connectivity index (χ4n) is 2.32. The first-order valence-corrected chi connectivity index (χ1v) is 7.26. The molecule has 0 radical (unpaired) electrons. The minimum Gasteiger partial charge on any atom is -0.241 e. The summed E-state index contributed by atoms with van der Waals surface area (Å²) in [5, 5.41) is 19.1. The highest BCUT2D eigenvalue weighted by Crippen LogP contribution is 2.27. The number of nitrogens with one attached hydrogen (secondary N) is 1. The number of benzene rings is 1. The van der Waals surface area contributed by atoms with Crippen molar-refractivity contribution in [3.63, 3.8) is 0 Å². The molecule has 0 amide bonds. The van der Waals surface area contributed by atoms with Gasteiger partial charge in [-0.15, -0.1) is 5.10 Å². The average molecular weight is 344 g/mol. The van der Waals surface area contributed by atoms with Gasteiger partial charge in [0.25, 0.3) is 0 Å². The molecule has 0 saturated heterocycles. The second-order valence-corrected chi connectivity index (χ2v) is 5.19. The summed E-state index contributed by atoms with van der Waals surface area (Å²) in [7, 11) is 0. The maximum atomic E-state index is 12.7. The molecule has 25 heavy (non-hydrogen) atoms. The predicted molar refractivity (Wildman–Crippen MR) is 81.0 cm³/mol. The van der Waals surface area contributed by atoms with Crippen molar-refractivity contribution in [1.29, 1.82) is 5.26 Å². The van der Waals surface area contributed by atoms with Crippen LogP contribution in [0.3, 0.4) is 0 Å². The Kier molecular flexibility index (Phi) is 4.43. The van der Waals surface area contributed by atoms with Gasteiger partial charge in [-0.05, 0) is 24.1 Å². The van der Waals surface area contributed by atoms with Crippen LogP contribution >= 0.6 is 0 Å². The van der Waals surface area contributed by atoms with Crippen LogP contribution in [0.4, 0.5) is 13.2 Å². The molecule has 0 aliphatic heterocycles. The number of nitrogens with zero attached hydrogens (tertiary/aromatic N) is 5. The Labute approximate surface area is 140 Å². The van der Waals surface area contributed by atoms with Crippen molar-refractivity contribution >= 4 is 0 Å². The number of nitriles is 1. The van der Waals surface area contributed by atoms with Gasteiger partial charge in [0.2, 0.25) is 0 Å². The molecule has 0 fully saturated rings. The molecule has 0 atom stereocenters. The second kappa shape index (κ2) is 6.68. The number of aryl methyl sites for hydroxylation is 2. The zero-order valence-corrected chi connectivity index (χ0v) is 12.7. The third kappa shape index (κ3) is 3.80. The number of rotatable bonds is 4. The van der Waals surface area contributed by atoms with Gasteiger partial charge in [0, 0.05) is 18.2 Å². The summed E-state index contributed by atoms with van der Waals surface area (Å²) < 4.78 is 38.0. The third-order valence-electron chi connectivity index (χ3n) is 3.49. The number of hydrogen-bond acceptors (Lipinski definition) is 5. The van der Waals surface area contributed by atoms with Gasteiger partial charge < -0.3 is 0 Å². The van der Waals surface area contributed by atoms with E-state index in [4.69, 9.17) is 5.26 Å². The standard InChI is InChI=1S/C16H11F3N6/c17-16(18,19)13-6-7-21-14(22-13)5-4-10-2-1-3-11(8-10)15-12(9-20)23-25-24-15/h1-3,6-8H,4-5H2,(H,23,24,25). The number of H-pyrrole nitrogens is 1. The Morgan fingerprint density at radius 2 is 1.96 bits per heavy atom.